The van der Waals surface area contributed by atoms with Gasteiger partial charge in [-0.2, -0.15) is 0 Å². The van der Waals surface area contributed by atoms with E-state index in [1.54, 1.807) is 0 Å². The average Bonchev–Trinajstić information content (AvgIpc) is 2.64. The minimum atomic E-state index is 0.601. The molecule has 2 rings (SSSR count). The Balaban J connectivity index is 2.00. The summed E-state index contributed by atoms with van der Waals surface area (Å²) in [4.78, 5) is 8.34. The molecule has 0 amide bonds. The first-order valence-corrected chi connectivity index (χ1v) is 6.89. The maximum Gasteiger partial charge on any atom is 0.107 e. The van der Waals surface area contributed by atoms with Gasteiger partial charge in [0.15, 0.2) is 0 Å². The van der Waals surface area contributed by atoms with E-state index in [0.717, 1.165) is 19.6 Å². The van der Waals surface area contributed by atoms with Gasteiger partial charge < -0.3 is 5.32 Å². The van der Waals surface area contributed by atoms with Crippen LogP contribution in [0.25, 0.3) is 0 Å². The lowest BCUT2D eigenvalue weighted by Crippen LogP contribution is -2.54. The Morgan fingerprint density at radius 1 is 1.62 bits per heavy atom. The van der Waals surface area contributed by atoms with E-state index in [0.29, 0.717) is 12.1 Å². The molecule has 0 spiro atoms. The number of piperazine rings is 1. The van der Waals surface area contributed by atoms with Crippen molar-refractivity contribution in [2.75, 3.05) is 13.1 Å². The van der Waals surface area contributed by atoms with Gasteiger partial charge in [-0.05, 0) is 20.3 Å². The molecular formula is C12H21N3S. The molecule has 16 heavy (non-hydrogen) atoms. The minimum absolute atomic E-state index is 0.601. The number of aromatic nitrogens is 1. The normalized spacial score (nSPS) is 27.2. The standard InChI is InChI=1S/C12H21N3S/c1-4-11-6-13-9(2)7-15(11)8-12-14-5-10(3)16-12/h5,9,11,13H,4,6-8H2,1-3H3. The lowest BCUT2D eigenvalue weighted by Gasteiger charge is -2.38. The lowest BCUT2D eigenvalue weighted by molar-refractivity contribution is 0.124. The van der Waals surface area contributed by atoms with Crippen molar-refractivity contribution < 1.29 is 0 Å². The van der Waals surface area contributed by atoms with Gasteiger partial charge in [0.2, 0.25) is 0 Å². The molecule has 2 unspecified atom stereocenters. The van der Waals surface area contributed by atoms with Gasteiger partial charge in [0.25, 0.3) is 0 Å². The Morgan fingerprint density at radius 2 is 2.44 bits per heavy atom. The number of aryl methyl sites for hydroxylation is 1. The zero-order valence-electron chi connectivity index (χ0n) is 10.4. The molecule has 0 saturated carbocycles. The van der Waals surface area contributed by atoms with Crippen molar-refractivity contribution in [2.24, 2.45) is 0 Å². The van der Waals surface area contributed by atoms with E-state index in [4.69, 9.17) is 0 Å². The van der Waals surface area contributed by atoms with Crippen molar-refractivity contribution in [3.05, 3.63) is 16.1 Å². The zero-order valence-corrected chi connectivity index (χ0v) is 11.2. The Kier molecular flexibility index (Phi) is 3.95. The summed E-state index contributed by atoms with van der Waals surface area (Å²) in [6, 6.07) is 1.27. The highest BCUT2D eigenvalue weighted by Crippen LogP contribution is 2.18. The first-order valence-electron chi connectivity index (χ1n) is 6.07. The lowest BCUT2D eigenvalue weighted by atomic mass is 10.1. The summed E-state index contributed by atoms with van der Waals surface area (Å²) in [5.74, 6) is 0. The monoisotopic (exact) mass is 239 g/mol. The van der Waals surface area contributed by atoms with Crippen LogP contribution in [-0.4, -0.2) is 35.1 Å². The van der Waals surface area contributed by atoms with Gasteiger partial charge in [0, 0.05) is 36.2 Å². The summed E-state index contributed by atoms with van der Waals surface area (Å²) in [6.45, 7) is 9.91. The Bertz CT molecular complexity index is 337. The van der Waals surface area contributed by atoms with E-state index >= 15 is 0 Å². The Morgan fingerprint density at radius 3 is 3.06 bits per heavy atom. The summed E-state index contributed by atoms with van der Waals surface area (Å²) < 4.78 is 0. The zero-order chi connectivity index (χ0) is 11.5. The third kappa shape index (κ3) is 2.81. The molecule has 3 nitrogen and oxygen atoms in total. The van der Waals surface area contributed by atoms with Gasteiger partial charge in [-0.15, -0.1) is 11.3 Å². The first-order chi connectivity index (χ1) is 7.69. The Hall–Kier alpha value is -0.450. The summed E-state index contributed by atoms with van der Waals surface area (Å²) in [5, 5.41) is 4.80. The smallest absolute Gasteiger partial charge is 0.107 e. The second-order valence-corrected chi connectivity index (χ2v) is 5.98. The van der Waals surface area contributed by atoms with Crippen LogP contribution in [-0.2, 0) is 6.54 Å². The largest absolute Gasteiger partial charge is 0.311 e. The fraction of sp³-hybridized carbons (Fsp3) is 0.750. The van der Waals surface area contributed by atoms with E-state index in [9.17, 15) is 0 Å². The Labute approximate surface area is 102 Å². The first kappa shape index (κ1) is 12.0. The van der Waals surface area contributed by atoms with Crippen LogP contribution in [0.5, 0.6) is 0 Å². The summed E-state index contributed by atoms with van der Waals surface area (Å²) >= 11 is 1.82. The van der Waals surface area contributed by atoms with Crippen molar-refractivity contribution in [2.45, 2.75) is 45.8 Å². The summed E-state index contributed by atoms with van der Waals surface area (Å²) in [5.41, 5.74) is 0. The van der Waals surface area contributed by atoms with Gasteiger partial charge in [-0.25, -0.2) is 4.98 Å². The molecule has 90 valence electrons. The highest BCUT2D eigenvalue weighted by atomic mass is 32.1. The molecule has 1 N–H and O–H groups in total. The molecule has 0 aliphatic carbocycles. The number of nitrogens with one attached hydrogen (secondary N) is 1. The van der Waals surface area contributed by atoms with Crippen LogP contribution in [0, 0.1) is 6.92 Å². The molecule has 1 fully saturated rings. The van der Waals surface area contributed by atoms with Crippen LogP contribution >= 0.6 is 11.3 Å². The highest BCUT2D eigenvalue weighted by Gasteiger charge is 2.24. The fourth-order valence-corrected chi connectivity index (χ4v) is 3.09. The second kappa shape index (κ2) is 5.25. The van der Waals surface area contributed by atoms with Gasteiger partial charge in [0.1, 0.15) is 5.01 Å². The van der Waals surface area contributed by atoms with Crippen molar-refractivity contribution in [1.29, 1.82) is 0 Å². The fourth-order valence-electron chi connectivity index (χ4n) is 2.28. The van der Waals surface area contributed by atoms with Gasteiger partial charge in [-0.1, -0.05) is 6.92 Å². The van der Waals surface area contributed by atoms with Gasteiger partial charge in [-0.3, -0.25) is 4.90 Å². The minimum Gasteiger partial charge on any atom is -0.311 e. The van der Waals surface area contributed by atoms with Crippen molar-refractivity contribution in [3.8, 4) is 0 Å². The molecule has 2 atom stereocenters. The van der Waals surface area contributed by atoms with E-state index < -0.39 is 0 Å². The summed E-state index contributed by atoms with van der Waals surface area (Å²) in [6.07, 6.45) is 3.19. The van der Waals surface area contributed by atoms with Crippen LogP contribution in [0.15, 0.2) is 6.20 Å². The predicted molar refractivity (Wildman–Crippen MR) is 68.8 cm³/mol. The third-order valence-electron chi connectivity index (χ3n) is 3.21. The molecular weight excluding hydrogens is 218 g/mol. The number of nitrogens with zero attached hydrogens (tertiary/aromatic N) is 2. The number of rotatable bonds is 3. The molecule has 1 aromatic heterocycles. The average molecular weight is 239 g/mol. The van der Waals surface area contributed by atoms with Crippen molar-refractivity contribution in [1.82, 2.24) is 15.2 Å². The van der Waals surface area contributed by atoms with E-state index in [1.165, 1.54) is 16.3 Å². The molecule has 1 saturated heterocycles. The van der Waals surface area contributed by atoms with Crippen LogP contribution in [0.1, 0.15) is 30.2 Å². The van der Waals surface area contributed by atoms with Crippen molar-refractivity contribution in [3.63, 3.8) is 0 Å². The van der Waals surface area contributed by atoms with Crippen LogP contribution in [0.2, 0.25) is 0 Å². The maximum absolute atomic E-state index is 4.46. The summed E-state index contributed by atoms with van der Waals surface area (Å²) in [7, 11) is 0. The number of hydrogen-bond acceptors (Lipinski definition) is 4. The number of hydrogen-bond donors (Lipinski definition) is 1. The molecule has 0 radical (unpaired) electrons. The maximum atomic E-state index is 4.46. The molecule has 1 aliphatic heterocycles. The van der Waals surface area contributed by atoms with Gasteiger partial charge in [0.05, 0.1) is 6.54 Å². The molecule has 4 heteroatoms. The predicted octanol–water partition coefficient (Wildman–Crippen LogP) is 2.02. The molecule has 2 heterocycles. The van der Waals surface area contributed by atoms with Crippen molar-refractivity contribution >= 4 is 11.3 Å². The van der Waals surface area contributed by atoms with Crippen LogP contribution < -0.4 is 5.32 Å². The van der Waals surface area contributed by atoms with Gasteiger partial charge >= 0.3 is 0 Å². The quantitative estimate of drug-likeness (QED) is 0.875. The topological polar surface area (TPSA) is 28.2 Å². The second-order valence-electron chi connectivity index (χ2n) is 4.67. The highest BCUT2D eigenvalue weighted by molar-refractivity contribution is 7.11. The molecule has 0 bridgehead atoms. The van der Waals surface area contributed by atoms with Crippen LogP contribution in [0.3, 0.4) is 0 Å². The van der Waals surface area contributed by atoms with Crippen LogP contribution in [0.4, 0.5) is 0 Å². The molecule has 0 aromatic carbocycles. The van der Waals surface area contributed by atoms with E-state index in [2.05, 4.69) is 36.0 Å². The molecule has 1 aromatic rings. The van der Waals surface area contributed by atoms with E-state index in [1.807, 2.05) is 17.5 Å². The third-order valence-corrected chi connectivity index (χ3v) is 4.10. The van der Waals surface area contributed by atoms with E-state index in [-0.39, 0.29) is 0 Å². The SMILES string of the molecule is CCC1CNC(C)CN1Cc1ncc(C)s1. The number of thiazole rings is 1. The molecule has 1 aliphatic rings.